The Morgan fingerprint density at radius 3 is 2.91 bits per heavy atom. The Kier molecular flexibility index (Phi) is 3.44. The van der Waals surface area contributed by atoms with Crippen LogP contribution in [0.2, 0.25) is 0 Å². The summed E-state index contributed by atoms with van der Waals surface area (Å²) in [4.78, 5) is 14.9. The van der Waals surface area contributed by atoms with Crippen molar-refractivity contribution in [3.8, 4) is 0 Å². The van der Waals surface area contributed by atoms with E-state index in [1.54, 1.807) is 29.5 Å². The molecule has 2 aromatic rings. The third kappa shape index (κ3) is 2.48. The number of allylic oxidation sites excluding steroid dienone is 1. The lowest BCUT2D eigenvalue weighted by molar-refractivity contribution is 0.0705. The van der Waals surface area contributed by atoms with Gasteiger partial charge < -0.3 is 14.6 Å². The molecule has 1 N–H and O–H groups in total. The second-order valence-corrected chi connectivity index (χ2v) is 5.92. The van der Waals surface area contributed by atoms with Crippen molar-refractivity contribution < 1.29 is 9.50 Å². The number of fused-ring (bicyclic) bond motifs is 1. The SMILES string of the molecule is CN(C)C=Nc1ccnc2c1ncn2[C@H]1C=C(F)[C@@](C)(O)C1. The number of pyridine rings is 1. The molecule has 0 unspecified atom stereocenters. The van der Waals surface area contributed by atoms with Crippen LogP contribution in [0.15, 0.2) is 35.5 Å². The maximum absolute atomic E-state index is 13.8. The van der Waals surface area contributed by atoms with E-state index in [1.165, 1.54) is 13.0 Å². The van der Waals surface area contributed by atoms with Gasteiger partial charge in [0.15, 0.2) is 5.65 Å². The van der Waals surface area contributed by atoms with Crippen LogP contribution < -0.4 is 0 Å². The van der Waals surface area contributed by atoms with E-state index in [0.29, 0.717) is 16.9 Å². The Morgan fingerprint density at radius 2 is 2.27 bits per heavy atom. The summed E-state index contributed by atoms with van der Waals surface area (Å²) in [6.45, 7) is 1.47. The van der Waals surface area contributed by atoms with Crippen LogP contribution >= 0.6 is 0 Å². The molecule has 0 aromatic carbocycles. The highest BCUT2D eigenvalue weighted by Crippen LogP contribution is 2.39. The van der Waals surface area contributed by atoms with Crippen LogP contribution in [0.1, 0.15) is 19.4 Å². The topological polar surface area (TPSA) is 66.5 Å². The van der Waals surface area contributed by atoms with Crippen molar-refractivity contribution in [3.05, 3.63) is 30.5 Å². The van der Waals surface area contributed by atoms with Gasteiger partial charge in [-0.15, -0.1) is 0 Å². The number of imidazole rings is 1. The van der Waals surface area contributed by atoms with Gasteiger partial charge in [-0.05, 0) is 19.1 Å². The van der Waals surface area contributed by atoms with Crippen LogP contribution in [0.3, 0.4) is 0 Å². The van der Waals surface area contributed by atoms with Crippen molar-refractivity contribution in [2.75, 3.05) is 14.1 Å². The Balaban J connectivity index is 2.02. The molecule has 2 atom stereocenters. The van der Waals surface area contributed by atoms with Crippen LogP contribution in [0.25, 0.3) is 11.2 Å². The van der Waals surface area contributed by atoms with Gasteiger partial charge in [-0.25, -0.2) is 19.4 Å². The number of halogens is 1. The van der Waals surface area contributed by atoms with Crippen molar-refractivity contribution in [2.24, 2.45) is 4.99 Å². The molecule has 6 nitrogen and oxygen atoms in total. The molecule has 1 aliphatic rings. The first-order valence-electron chi connectivity index (χ1n) is 7.01. The predicted molar refractivity (Wildman–Crippen MR) is 82.8 cm³/mol. The molecule has 0 radical (unpaired) electrons. The standard InChI is InChI=1S/C15H18FN5O/c1-15(22)7-10(6-12(15)16)21-9-19-13-11(18-8-20(2)3)4-5-17-14(13)21/h4-6,8-10,22H,7H2,1-3H3/t10-,15-/m0/s1. The number of nitrogens with zero attached hydrogens (tertiary/aromatic N) is 5. The summed E-state index contributed by atoms with van der Waals surface area (Å²) >= 11 is 0. The molecule has 0 bridgehead atoms. The largest absolute Gasteiger partial charge is 0.383 e. The van der Waals surface area contributed by atoms with Crippen molar-refractivity contribution in [1.82, 2.24) is 19.4 Å². The van der Waals surface area contributed by atoms with Crippen LogP contribution in [0.5, 0.6) is 0 Å². The van der Waals surface area contributed by atoms with Gasteiger partial charge in [0.05, 0.1) is 24.4 Å². The Labute approximate surface area is 127 Å². The second-order valence-electron chi connectivity index (χ2n) is 5.92. The maximum atomic E-state index is 13.8. The first-order chi connectivity index (χ1) is 10.4. The van der Waals surface area contributed by atoms with Gasteiger partial charge in [-0.1, -0.05) is 0 Å². The zero-order chi connectivity index (χ0) is 15.9. The van der Waals surface area contributed by atoms with E-state index in [9.17, 15) is 9.50 Å². The Hall–Kier alpha value is -2.28. The van der Waals surface area contributed by atoms with Crippen LogP contribution in [0, 0.1) is 0 Å². The molecule has 1 aliphatic carbocycles. The molecule has 0 amide bonds. The molecule has 0 spiro atoms. The summed E-state index contributed by atoms with van der Waals surface area (Å²) in [5.41, 5.74) is 0.551. The van der Waals surface area contributed by atoms with Crippen LogP contribution in [0.4, 0.5) is 10.1 Å². The summed E-state index contributed by atoms with van der Waals surface area (Å²) in [7, 11) is 3.77. The van der Waals surface area contributed by atoms with Crippen molar-refractivity contribution in [1.29, 1.82) is 0 Å². The first-order valence-corrected chi connectivity index (χ1v) is 7.01. The number of aliphatic imine (C=N–C) groups is 1. The lowest BCUT2D eigenvalue weighted by Gasteiger charge is -2.18. The Morgan fingerprint density at radius 1 is 1.50 bits per heavy atom. The molecule has 0 saturated carbocycles. The average Bonchev–Trinajstić information content (AvgIpc) is 2.98. The van der Waals surface area contributed by atoms with E-state index in [2.05, 4.69) is 15.0 Å². The van der Waals surface area contributed by atoms with Gasteiger partial charge in [-0.3, -0.25) is 0 Å². The maximum Gasteiger partial charge on any atom is 0.162 e. The van der Waals surface area contributed by atoms with Crippen molar-refractivity contribution in [2.45, 2.75) is 25.0 Å². The highest BCUT2D eigenvalue weighted by Gasteiger charge is 2.37. The molecule has 22 heavy (non-hydrogen) atoms. The minimum absolute atomic E-state index is 0.261. The Bertz CT molecular complexity index is 762. The third-order valence-electron chi connectivity index (χ3n) is 3.68. The van der Waals surface area contributed by atoms with Gasteiger partial charge in [0, 0.05) is 26.7 Å². The molecular formula is C15H18FN5O. The fraction of sp³-hybridized carbons (Fsp3) is 0.400. The smallest absolute Gasteiger partial charge is 0.162 e. The predicted octanol–water partition coefficient (Wildman–Crippen LogP) is 2.20. The average molecular weight is 303 g/mol. The minimum Gasteiger partial charge on any atom is -0.383 e. The van der Waals surface area contributed by atoms with E-state index in [0.717, 1.165) is 0 Å². The monoisotopic (exact) mass is 303 g/mol. The summed E-state index contributed by atoms with van der Waals surface area (Å²) in [6.07, 6.45) is 6.63. The molecule has 116 valence electrons. The van der Waals surface area contributed by atoms with E-state index in [1.807, 2.05) is 19.0 Å². The van der Waals surface area contributed by atoms with Gasteiger partial charge in [0.25, 0.3) is 0 Å². The molecule has 3 rings (SSSR count). The zero-order valence-corrected chi connectivity index (χ0v) is 12.7. The van der Waals surface area contributed by atoms with Gasteiger partial charge in [-0.2, -0.15) is 0 Å². The number of aliphatic hydroxyl groups is 1. The summed E-state index contributed by atoms with van der Waals surface area (Å²) in [5.74, 6) is -0.513. The number of rotatable bonds is 3. The van der Waals surface area contributed by atoms with Crippen molar-refractivity contribution in [3.63, 3.8) is 0 Å². The lowest BCUT2D eigenvalue weighted by Crippen LogP contribution is -2.22. The normalized spacial score (nSPS) is 25.1. The summed E-state index contributed by atoms with van der Waals surface area (Å²) < 4.78 is 15.5. The molecule has 7 heteroatoms. The van der Waals surface area contributed by atoms with Gasteiger partial charge in [0.1, 0.15) is 16.9 Å². The zero-order valence-electron chi connectivity index (χ0n) is 12.7. The second kappa shape index (κ2) is 5.17. The van der Waals surface area contributed by atoms with Gasteiger partial charge in [0.2, 0.25) is 0 Å². The summed E-state index contributed by atoms with van der Waals surface area (Å²) in [5, 5.41) is 9.98. The first kappa shape index (κ1) is 14.6. The molecule has 2 aromatic heterocycles. The van der Waals surface area contributed by atoms with Crippen molar-refractivity contribution >= 4 is 23.2 Å². The van der Waals surface area contributed by atoms with Crippen LogP contribution in [-0.4, -0.2) is 50.6 Å². The number of aromatic nitrogens is 3. The molecular weight excluding hydrogens is 285 g/mol. The molecule has 0 aliphatic heterocycles. The summed E-state index contributed by atoms with van der Waals surface area (Å²) in [6, 6.07) is 1.47. The third-order valence-corrected chi connectivity index (χ3v) is 3.68. The number of hydrogen-bond acceptors (Lipinski definition) is 4. The van der Waals surface area contributed by atoms with Gasteiger partial charge >= 0.3 is 0 Å². The fourth-order valence-electron chi connectivity index (χ4n) is 2.54. The molecule has 0 fully saturated rings. The highest BCUT2D eigenvalue weighted by molar-refractivity contribution is 5.85. The van der Waals surface area contributed by atoms with E-state index < -0.39 is 11.4 Å². The van der Waals surface area contributed by atoms with E-state index in [-0.39, 0.29) is 12.5 Å². The van der Waals surface area contributed by atoms with Crippen LogP contribution in [-0.2, 0) is 0 Å². The molecule has 0 saturated heterocycles. The van der Waals surface area contributed by atoms with E-state index in [4.69, 9.17) is 0 Å². The lowest BCUT2D eigenvalue weighted by atomic mass is 10.0. The highest BCUT2D eigenvalue weighted by atomic mass is 19.1. The molecule has 2 heterocycles. The minimum atomic E-state index is -1.43. The number of hydrogen-bond donors (Lipinski definition) is 1. The van der Waals surface area contributed by atoms with E-state index >= 15 is 0 Å². The fourth-order valence-corrected chi connectivity index (χ4v) is 2.54. The quantitative estimate of drug-likeness (QED) is 0.697.